The standard InChI is InChI=1S/C28H36N2O7/c1-13(2)10-30(11-14(3)4)12-15-5-6-19(31)22-18(15)8-16-7-17-9-20(32)23(27(29)36)26(35)28(17,37)25(34)21(16)24(22)33/h5-6,13-14,16-17,31,33,35,37H,7-12H2,1-4H3,(H2,29,36)/t16-,17+,28+/m1/s1. The second-order valence-corrected chi connectivity index (χ2v) is 11.5. The molecule has 0 saturated heterocycles. The van der Waals surface area contributed by atoms with Crippen molar-refractivity contribution in [2.45, 2.75) is 59.1 Å². The number of phenolic OH excluding ortho intramolecular Hbond substituents is 1. The van der Waals surface area contributed by atoms with Gasteiger partial charge in [0.15, 0.2) is 11.4 Å². The van der Waals surface area contributed by atoms with Crippen molar-refractivity contribution in [3.63, 3.8) is 0 Å². The molecule has 200 valence electrons. The molecule has 1 fully saturated rings. The average molecular weight is 513 g/mol. The molecule has 37 heavy (non-hydrogen) atoms. The topological polar surface area (TPSA) is 161 Å². The van der Waals surface area contributed by atoms with E-state index in [1.165, 1.54) is 6.07 Å². The zero-order chi connectivity index (χ0) is 27.4. The molecule has 1 aromatic rings. The van der Waals surface area contributed by atoms with Crippen LogP contribution in [0.3, 0.4) is 0 Å². The predicted octanol–water partition coefficient (Wildman–Crippen LogP) is 2.54. The Morgan fingerprint density at radius 2 is 1.70 bits per heavy atom. The molecule has 0 radical (unpaired) electrons. The first-order valence-electron chi connectivity index (χ1n) is 12.8. The maximum atomic E-state index is 13.6. The van der Waals surface area contributed by atoms with E-state index < -0.39 is 52.0 Å². The van der Waals surface area contributed by atoms with Gasteiger partial charge in [0.05, 0.1) is 5.56 Å². The van der Waals surface area contributed by atoms with Crippen molar-refractivity contribution in [2.24, 2.45) is 29.4 Å². The van der Waals surface area contributed by atoms with Crippen molar-refractivity contribution >= 4 is 23.2 Å². The molecule has 3 aliphatic rings. The van der Waals surface area contributed by atoms with Gasteiger partial charge in [0.25, 0.3) is 5.91 Å². The Morgan fingerprint density at radius 1 is 1.08 bits per heavy atom. The molecule has 9 nitrogen and oxygen atoms in total. The number of nitrogens with two attached hydrogens (primary N) is 1. The third-order valence-electron chi connectivity index (χ3n) is 7.68. The quantitative estimate of drug-likeness (QED) is 0.348. The summed E-state index contributed by atoms with van der Waals surface area (Å²) >= 11 is 0. The fourth-order valence-corrected chi connectivity index (χ4v) is 6.31. The molecule has 0 heterocycles. The third-order valence-corrected chi connectivity index (χ3v) is 7.68. The Balaban J connectivity index is 1.81. The van der Waals surface area contributed by atoms with Crippen LogP contribution in [-0.4, -0.2) is 61.5 Å². The molecule has 1 saturated carbocycles. The number of aliphatic hydroxyl groups excluding tert-OH is 2. The molecule has 0 spiro atoms. The lowest BCUT2D eigenvalue weighted by Crippen LogP contribution is -2.58. The molecule has 1 aromatic carbocycles. The molecular formula is C28H36N2O7. The number of aromatic hydroxyl groups is 1. The van der Waals surface area contributed by atoms with E-state index >= 15 is 0 Å². The maximum absolute atomic E-state index is 13.6. The second kappa shape index (κ2) is 9.61. The lowest BCUT2D eigenvalue weighted by Gasteiger charge is -2.46. The van der Waals surface area contributed by atoms with Crippen molar-refractivity contribution in [2.75, 3.05) is 13.1 Å². The zero-order valence-electron chi connectivity index (χ0n) is 21.7. The number of hydrogen-bond acceptors (Lipinski definition) is 8. The SMILES string of the molecule is CC(C)CN(Cc1ccc(O)c2c1C[C@H]1C[C@H]3CC(=O)C(C(N)=O)=C(O)[C@@]3(O)C(=O)C1=C2O)CC(C)C. The predicted molar refractivity (Wildman–Crippen MR) is 136 cm³/mol. The van der Waals surface area contributed by atoms with Crippen molar-refractivity contribution < 1.29 is 34.8 Å². The van der Waals surface area contributed by atoms with Gasteiger partial charge in [0, 0.05) is 37.5 Å². The highest BCUT2D eigenvalue weighted by Crippen LogP contribution is 2.52. The number of hydrogen-bond donors (Lipinski definition) is 5. The summed E-state index contributed by atoms with van der Waals surface area (Å²) in [6.45, 7) is 10.9. The fraction of sp³-hybridized carbons (Fsp3) is 0.536. The van der Waals surface area contributed by atoms with Gasteiger partial charge in [-0.25, -0.2) is 0 Å². The minimum Gasteiger partial charge on any atom is -0.508 e. The Labute approximate surface area is 216 Å². The first-order valence-corrected chi connectivity index (χ1v) is 12.8. The minimum absolute atomic E-state index is 0.121. The first kappa shape index (κ1) is 26.9. The molecule has 0 aromatic heterocycles. The lowest BCUT2D eigenvalue weighted by molar-refractivity contribution is -0.147. The summed E-state index contributed by atoms with van der Waals surface area (Å²) in [5.41, 5.74) is 3.56. The van der Waals surface area contributed by atoms with Crippen molar-refractivity contribution in [3.05, 3.63) is 45.7 Å². The number of phenols is 1. The largest absolute Gasteiger partial charge is 0.508 e. The molecule has 0 aliphatic heterocycles. The number of benzene rings is 1. The summed E-state index contributed by atoms with van der Waals surface area (Å²) in [7, 11) is 0. The maximum Gasteiger partial charge on any atom is 0.255 e. The minimum atomic E-state index is -2.55. The van der Waals surface area contributed by atoms with Crippen LogP contribution in [0.25, 0.3) is 5.76 Å². The van der Waals surface area contributed by atoms with Gasteiger partial charge >= 0.3 is 0 Å². The monoisotopic (exact) mass is 512 g/mol. The van der Waals surface area contributed by atoms with Gasteiger partial charge in [-0.05, 0) is 47.8 Å². The van der Waals surface area contributed by atoms with Crippen LogP contribution in [0.5, 0.6) is 5.75 Å². The average Bonchev–Trinajstić information content (AvgIpc) is 2.77. The van der Waals surface area contributed by atoms with Crippen LogP contribution in [0, 0.1) is 23.7 Å². The number of aliphatic hydroxyl groups is 3. The number of amides is 1. The molecular weight excluding hydrogens is 476 g/mol. The molecule has 4 rings (SSSR count). The summed E-state index contributed by atoms with van der Waals surface area (Å²) < 4.78 is 0. The van der Waals surface area contributed by atoms with Gasteiger partial charge in [-0.3, -0.25) is 19.3 Å². The highest BCUT2D eigenvalue weighted by atomic mass is 16.3. The van der Waals surface area contributed by atoms with E-state index in [2.05, 4.69) is 32.6 Å². The highest BCUT2D eigenvalue weighted by molar-refractivity contribution is 6.22. The molecule has 6 N–H and O–H groups in total. The van der Waals surface area contributed by atoms with Gasteiger partial charge in [-0.15, -0.1) is 0 Å². The van der Waals surface area contributed by atoms with Gasteiger partial charge in [0.1, 0.15) is 22.8 Å². The van der Waals surface area contributed by atoms with Crippen LogP contribution in [0.4, 0.5) is 0 Å². The zero-order valence-corrected chi connectivity index (χ0v) is 21.7. The first-order chi connectivity index (χ1) is 17.3. The molecule has 3 atom stereocenters. The van der Waals surface area contributed by atoms with Crippen LogP contribution in [-0.2, 0) is 27.3 Å². The van der Waals surface area contributed by atoms with Gasteiger partial charge < -0.3 is 26.2 Å². The van der Waals surface area contributed by atoms with Gasteiger partial charge in [-0.1, -0.05) is 33.8 Å². The molecule has 9 heteroatoms. The summed E-state index contributed by atoms with van der Waals surface area (Å²) in [4.78, 5) is 40.3. The fourth-order valence-electron chi connectivity index (χ4n) is 6.31. The number of fused-ring (bicyclic) bond motifs is 3. The second-order valence-electron chi connectivity index (χ2n) is 11.5. The molecule has 3 aliphatic carbocycles. The Bertz CT molecular complexity index is 1220. The van der Waals surface area contributed by atoms with E-state index in [0.717, 1.165) is 24.2 Å². The van der Waals surface area contributed by atoms with E-state index in [0.29, 0.717) is 24.8 Å². The van der Waals surface area contributed by atoms with Crippen LogP contribution in [0.1, 0.15) is 57.2 Å². The van der Waals surface area contributed by atoms with Crippen LogP contribution >= 0.6 is 0 Å². The Hall–Kier alpha value is -3.17. The van der Waals surface area contributed by atoms with E-state index in [9.17, 15) is 34.8 Å². The molecule has 0 unspecified atom stereocenters. The van der Waals surface area contributed by atoms with Gasteiger partial charge in [0.2, 0.25) is 5.78 Å². The van der Waals surface area contributed by atoms with Gasteiger partial charge in [-0.2, -0.15) is 0 Å². The summed E-state index contributed by atoms with van der Waals surface area (Å²) in [6.07, 6.45) is 0.112. The molecule has 0 bridgehead atoms. The number of ketones is 2. The number of carbonyl (C=O) groups is 3. The van der Waals surface area contributed by atoms with Crippen LogP contribution in [0.15, 0.2) is 29.0 Å². The Kier molecular flexibility index (Phi) is 6.98. The van der Waals surface area contributed by atoms with Crippen LogP contribution in [0.2, 0.25) is 0 Å². The number of carbonyl (C=O) groups excluding carboxylic acids is 3. The summed E-state index contributed by atoms with van der Waals surface area (Å²) in [5.74, 6) is -5.28. The number of rotatable bonds is 7. The number of Topliss-reactive ketones (excluding diaryl/α,β-unsaturated/α-hetero) is 2. The van der Waals surface area contributed by atoms with E-state index in [-0.39, 0.29) is 29.7 Å². The number of nitrogens with zero attached hydrogens (tertiary/aromatic N) is 1. The summed E-state index contributed by atoms with van der Waals surface area (Å²) in [5, 5.41) is 44.0. The third kappa shape index (κ3) is 4.44. The van der Waals surface area contributed by atoms with Crippen LogP contribution < -0.4 is 5.73 Å². The van der Waals surface area contributed by atoms with Crippen molar-refractivity contribution in [3.8, 4) is 5.75 Å². The number of primary amides is 1. The lowest BCUT2D eigenvalue weighted by atomic mass is 9.59. The van der Waals surface area contributed by atoms with Crippen molar-refractivity contribution in [1.29, 1.82) is 0 Å². The van der Waals surface area contributed by atoms with Crippen molar-refractivity contribution in [1.82, 2.24) is 4.90 Å². The smallest absolute Gasteiger partial charge is 0.255 e. The highest BCUT2D eigenvalue weighted by Gasteiger charge is 2.60. The molecule has 1 amide bonds. The summed E-state index contributed by atoms with van der Waals surface area (Å²) in [6, 6.07) is 3.32. The normalized spacial score (nSPS) is 25.6. The van der Waals surface area contributed by atoms with E-state index in [4.69, 9.17) is 5.73 Å². The Morgan fingerprint density at radius 3 is 2.27 bits per heavy atom. The van der Waals surface area contributed by atoms with E-state index in [1.807, 2.05) is 6.07 Å². The van der Waals surface area contributed by atoms with E-state index in [1.54, 1.807) is 0 Å².